The fourth-order valence-corrected chi connectivity index (χ4v) is 1.99. The molecule has 0 bridgehead atoms. The van der Waals surface area contributed by atoms with Crippen molar-refractivity contribution in [3.63, 3.8) is 0 Å². The molecule has 0 unspecified atom stereocenters. The van der Waals surface area contributed by atoms with E-state index in [9.17, 15) is 4.79 Å². The zero-order chi connectivity index (χ0) is 15.0. The Kier molecular flexibility index (Phi) is 7.48. The summed E-state index contributed by atoms with van der Waals surface area (Å²) in [7, 11) is 1.58. The molecule has 1 aromatic carbocycles. The van der Waals surface area contributed by atoms with E-state index in [1.165, 1.54) is 0 Å². The lowest BCUT2D eigenvalue weighted by atomic mass is 10.2. The number of nitrogens with zero attached hydrogens (tertiary/aromatic N) is 1. The second-order valence-corrected chi connectivity index (χ2v) is 5.11. The van der Waals surface area contributed by atoms with E-state index in [2.05, 4.69) is 13.0 Å². The summed E-state index contributed by atoms with van der Waals surface area (Å²) in [5.41, 5.74) is 0. The van der Waals surface area contributed by atoms with Crippen molar-refractivity contribution in [1.29, 1.82) is 0 Å². The quantitative estimate of drug-likeness (QED) is 0.783. The summed E-state index contributed by atoms with van der Waals surface area (Å²) < 4.78 is 4.91. The summed E-state index contributed by atoms with van der Waals surface area (Å²) in [4.78, 5) is 12.9. The highest BCUT2D eigenvalue weighted by atomic mass is 35.5. The molecule has 0 atom stereocenters. The van der Waals surface area contributed by atoms with E-state index in [0.29, 0.717) is 16.5 Å². The van der Waals surface area contributed by atoms with E-state index < -0.39 is 0 Å². The van der Waals surface area contributed by atoms with Crippen LogP contribution >= 0.6 is 23.2 Å². The second kappa shape index (κ2) is 8.88. The number of benzene rings is 1. The molecule has 0 spiro atoms. The average molecular weight is 316 g/mol. The molecule has 1 aliphatic rings. The Morgan fingerprint density at radius 2 is 2.00 bits per heavy atom. The van der Waals surface area contributed by atoms with E-state index in [0.717, 1.165) is 25.3 Å². The van der Waals surface area contributed by atoms with Gasteiger partial charge in [0.1, 0.15) is 5.75 Å². The van der Waals surface area contributed by atoms with Crippen LogP contribution in [0, 0.1) is 0 Å². The second-order valence-electron chi connectivity index (χ2n) is 4.30. The van der Waals surface area contributed by atoms with Crippen molar-refractivity contribution in [3.05, 3.63) is 40.4 Å². The van der Waals surface area contributed by atoms with Crippen molar-refractivity contribution < 1.29 is 9.53 Å². The molecule has 1 aliphatic heterocycles. The Labute approximate surface area is 130 Å². The third-order valence-corrected chi connectivity index (χ3v) is 3.50. The Balaban J connectivity index is 0.000000200. The largest absolute Gasteiger partial charge is 0.497 e. The first-order chi connectivity index (χ1) is 9.58. The molecule has 0 aliphatic carbocycles. The predicted octanol–water partition coefficient (Wildman–Crippen LogP) is 4.19. The van der Waals surface area contributed by atoms with Gasteiger partial charge in [-0.15, -0.1) is 0 Å². The van der Waals surface area contributed by atoms with Gasteiger partial charge in [0.15, 0.2) is 0 Å². The molecule has 5 heteroatoms. The fourth-order valence-electron chi connectivity index (χ4n) is 1.71. The number of rotatable bonds is 3. The van der Waals surface area contributed by atoms with Crippen LogP contribution in [0.5, 0.6) is 5.75 Å². The SMILES string of the molecule is CCCN1CC=CCC1=O.COc1ccc(Cl)c(Cl)c1. The van der Waals surface area contributed by atoms with Crippen molar-refractivity contribution in [2.45, 2.75) is 19.8 Å². The lowest BCUT2D eigenvalue weighted by molar-refractivity contribution is -0.130. The maximum absolute atomic E-state index is 11.1. The lowest BCUT2D eigenvalue weighted by Gasteiger charge is -2.22. The minimum absolute atomic E-state index is 0.268. The summed E-state index contributed by atoms with van der Waals surface area (Å²) in [6.45, 7) is 3.81. The number of hydrogen-bond acceptors (Lipinski definition) is 2. The number of ether oxygens (including phenoxy) is 1. The van der Waals surface area contributed by atoms with Gasteiger partial charge in [-0.05, 0) is 18.6 Å². The standard InChI is InChI=1S/C8H13NO.C7H6Cl2O/c1-2-6-9-7-4-3-5-8(9)10;1-10-5-2-3-6(8)7(9)4-5/h3-4H,2,5-7H2,1H3;2-4H,1H3. The zero-order valence-electron chi connectivity index (χ0n) is 11.7. The molecule has 0 N–H and O–H groups in total. The molecule has 1 amide bonds. The fraction of sp³-hybridized carbons (Fsp3) is 0.400. The Morgan fingerprint density at radius 1 is 1.25 bits per heavy atom. The van der Waals surface area contributed by atoms with Crippen molar-refractivity contribution in [2.24, 2.45) is 0 Å². The van der Waals surface area contributed by atoms with E-state index in [1.807, 2.05) is 11.0 Å². The minimum atomic E-state index is 0.268. The summed E-state index contributed by atoms with van der Waals surface area (Å²) >= 11 is 11.3. The number of hydrogen-bond donors (Lipinski definition) is 0. The number of carbonyl (C=O) groups excluding carboxylic acids is 1. The molecular weight excluding hydrogens is 297 g/mol. The van der Waals surface area contributed by atoms with Gasteiger partial charge in [0, 0.05) is 25.6 Å². The van der Waals surface area contributed by atoms with Gasteiger partial charge in [0.2, 0.25) is 5.91 Å². The zero-order valence-corrected chi connectivity index (χ0v) is 13.2. The van der Waals surface area contributed by atoms with Crippen LogP contribution in [0.4, 0.5) is 0 Å². The normalized spacial score (nSPS) is 13.8. The van der Waals surface area contributed by atoms with Gasteiger partial charge in [0.05, 0.1) is 17.2 Å². The number of carbonyl (C=O) groups is 1. The maximum Gasteiger partial charge on any atom is 0.226 e. The third-order valence-electron chi connectivity index (χ3n) is 2.76. The van der Waals surface area contributed by atoms with E-state index in [1.54, 1.807) is 25.3 Å². The van der Waals surface area contributed by atoms with Crippen molar-refractivity contribution in [2.75, 3.05) is 20.2 Å². The van der Waals surface area contributed by atoms with Crippen LogP contribution in [0.15, 0.2) is 30.4 Å². The van der Waals surface area contributed by atoms with Gasteiger partial charge in [-0.3, -0.25) is 4.79 Å². The molecule has 1 heterocycles. The molecule has 0 saturated carbocycles. The van der Waals surface area contributed by atoms with Gasteiger partial charge < -0.3 is 9.64 Å². The molecule has 3 nitrogen and oxygen atoms in total. The monoisotopic (exact) mass is 315 g/mol. The van der Waals surface area contributed by atoms with Gasteiger partial charge in [-0.1, -0.05) is 42.3 Å². The van der Waals surface area contributed by atoms with Gasteiger partial charge in [0.25, 0.3) is 0 Å². The molecule has 110 valence electrons. The Hall–Kier alpha value is -1.19. The van der Waals surface area contributed by atoms with Crippen molar-refractivity contribution in [3.8, 4) is 5.75 Å². The smallest absolute Gasteiger partial charge is 0.226 e. The van der Waals surface area contributed by atoms with Crippen LogP contribution in [-0.4, -0.2) is 31.0 Å². The van der Waals surface area contributed by atoms with E-state index in [4.69, 9.17) is 27.9 Å². The van der Waals surface area contributed by atoms with Crippen molar-refractivity contribution >= 4 is 29.1 Å². The first kappa shape index (κ1) is 16.9. The molecule has 0 fully saturated rings. The number of amides is 1. The van der Waals surface area contributed by atoms with Crippen LogP contribution in [0.2, 0.25) is 10.0 Å². The number of methoxy groups -OCH3 is 1. The summed E-state index contributed by atoms with van der Waals surface area (Å²) in [6.07, 6.45) is 5.64. The van der Waals surface area contributed by atoms with E-state index in [-0.39, 0.29) is 5.91 Å². The van der Waals surface area contributed by atoms with Crippen LogP contribution in [-0.2, 0) is 4.79 Å². The van der Waals surface area contributed by atoms with E-state index >= 15 is 0 Å². The van der Waals surface area contributed by atoms with Gasteiger partial charge >= 0.3 is 0 Å². The number of halogens is 2. The van der Waals surface area contributed by atoms with Crippen LogP contribution < -0.4 is 4.74 Å². The highest BCUT2D eigenvalue weighted by molar-refractivity contribution is 6.42. The molecule has 1 aromatic rings. The molecule has 2 rings (SSSR count). The highest BCUT2D eigenvalue weighted by Crippen LogP contribution is 2.25. The third kappa shape index (κ3) is 5.43. The molecule has 20 heavy (non-hydrogen) atoms. The molecular formula is C15H19Cl2NO2. The predicted molar refractivity (Wildman–Crippen MR) is 83.6 cm³/mol. The van der Waals surface area contributed by atoms with Crippen LogP contribution in [0.25, 0.3) is 0 Å². The first-order valence-electron chi connectivity index (χ1n) is 6.50. The topological polar surface area (TPSA) is 29.5 Å². The molecule has 0 saturated heterocycles. The highest BCUT2D eigenvalue weighted by Gasteiger charge is 2.11. The van der Waals surface area contributed by atoms with Gasteiger partial charge in [-0.2, -0.15) is 0 Å². The lowest BCUT2D eigenvalue weighted by Crippen LogP contribution is -2.33. The Morgan fingerprint density at radius 3 is 2.55 bits per heavy atom. The average Bonchev–Trinajstić information content (AvgIpc) is 2.45. The van der Waals surface area contributed by atoms with Crippen LogP contribution in [0.3, 0.4) is 0 Å². The maximum atomic E-state index is 11.1. The summed E-state index contributed by atoms with van der Waals surface area (Å²) in [5.74, 6) is 0.985. The van der Waals surface area contributed by atoms with Crippen LogP contribution in [0.1, 0.15) is 19.8 Å². The molecule has 0 radical (unpaired) electrons. The minimum Gasteiger partial charge on any atom is -0.497 e. The summed E-state index contributed by atoms with van der Waals surface area (Å²) in [5, 5.41) is 1.06. The van der Waals surface area contributed by atoms with Gasteiger partial charge in [-0.25, -0.2) is 0 Å². The molecule has 0 aromatic heterocycles. The summed E-state index contributed by atoms with van der Waals surface area (Å²) in [6, 6.07) is 5.13. The van der Waals surface area contributed by atoms with Crippen molar-refractivity contribution in [1.82, 2.24) is 4.90 Å². The first-order valence-corrected chi connectivity index (χ1v) is 7.25. The Bertz CT molecular complexity index is 475.